The van der Waals surface area contributed by atoms with Crippen LogP contribution in [-0.4, -0.2) is 37.7 Å². The Kier molecular flexibility index (Phi) is 5.90. The first kappa shape index (κ1) is 19.8. The summed E-state index contributed by atoms with van der Waals surface area (Å²) in [4.78, 5) is 21.5. The van der Waals surface area contributed by atoms with Gasteiger partial charge in [0.15, 0.2) is 5.82 Å². The second-order valence-electron chi connectivity index (χ2n) is 7.31. The molecule has 1 aliphatic heterocycles. The molecule has 0 atom stereocenters. The predicted molar refractivity (Wildman–Crippen MR) is 117 cm³/mol. The van der Waals surface area contributed by atoms with Crippen molar-refractivity contribution in [2.45, 2.75) is 32.1 Å². The van der Waals surface area contributed by atoms with Gasteiger partial charge in [-0.15, -0.1) is 0 Å². The van der Waals surface area contributed by atoms with E-state index in [1.54, 1.807) is 18.3 Å². The van der Waals surface area contributed by atoms with Gasteiger partial charge >= 0.3 is 0 Å². The number of aliphatic hydroxyl groups is 1. The number of phenols is 1. The Morgan fingerprint density at radius 3 is 2.63 bits per heavy atom. The van der Waals surface area contributed by atoms with Crippen LogP contribution in [0.5, 0.6) is 5.75 Å². The summed E-state index contributed by atoms with van der Waals surface area (Å²) in [5.74, 6) is 0.904. The van der Waals surface area contributed by atoms with Crippen LogP contribution < -0.4 is 5.56 Å². The Morgan fingerprint density at radius 1 is 1.00 bits per heavy atom. The van der Waals surface area contributed by atoms with Gasteiger partial charge in [-0.3, -0.25) is 9.89 Å². The zero-order valence-electron chi connectivity index (χ0n) is 16.6. The molecule has 3 aromatic rings. The van der Waals surface area contributed by atoms with Crippen molar-refractivity contribution < 1.29 is 10.2 Å². The number of nitrogens with zero attached hydrogens (tertiary/aromatic N) is 2. The van der Waals surface area contributed by atoms with Gasteiger partial charge in [0.2, 0.25) is 0 Å². The Hall–Kier alpha value is -3.45. The van der Waals surface area contributed by atoms with E-state index in [4.69, 9.17) is 5.11 Å². The zero-order valence-corrected chi connectivity index (χ0v) is 16.6. The van der Waals surface area contributed by atoms with Crippen molar-refractivity contribution in [2.75, 3.05) is 6.61 Å². The molecule has 30 heavy (non-hydrogen) atoms. The van der Waals surface area contributed by atoms with E-state index in [1.165, 1.54) is 0 Å². The van der Waals surface area contributed by atoms with Crippen LogP contribution in [0.3, 0.4) is 0 Å². The van der Waals surface area contributed by atoms with Crippen molar-refractivity contribution in [3.05, 3.63) is 75.3 Å². The average Bonchev–Trinajstić information content (AvgIpc) is 3.29. The molecule has 0 bridgehead atoms. The number of H-pyrrole nitrogens is 2. The molecule has 7 nitrogen and oxygen atoms in total. The van der Waals surface area contributed by atoms with Crippen LogP contribution in [-0.2, 0) is 12.8 Å². The molecule has 0 amide bonds. The van der Waals surface area contributed by atoms with Crippen LogP contribution >= 0.6 is 0 Å². The normalized spacial score (nSPS) is 14.2. The van der Waals surface area contributed by atoms with Crippen molar-refractivity contribution in [1.29, 1.82) is 0 Å². The number of fused-ring (bicyclic) bond motifs is 1. The molecule has 0 unspecified atom stereocenters. The molecule has 0 saturated carbocycles. The van der Waals surface area contributed by atoms with Crippen LogP contribution in [0.25, 0.3) is 11.6 Å². The third kappa shape index (κ3) is 4.26. The lowest BCUT2D eigenvalue weighted by Gasteiger charge is -2.06. The van der Waals surface area contributed by atoms with Crippen LogP contribution in [0.15, 0.2) is 52.4 Å². The van der Waals surface area contributed by atoms with Gasteiger partial charge in [-0.2, -0.15) is 0 Å². The molecule has 0 aliphatic carbocycles. The first-order chi connectivity index (χ1) is 14.7. The van der Waals surface area contributed by atoms with Gasteiger partial charge in [-0.1, -0.05) is 12.1 Å². The van der Waals surface area contributed by atoms with Gasteiger partial charge in [0.05, 0.1) is 11.3 Å². The van der Waals surface area contributed by atoms with Gasteiger partial charge in [-0.25, -0.2) is 9.98 Å². The number of aromatic hydroxyl groups is 1. The molecule has 2 aromatic heterocycles. The average molecular weight is 404 g/mol. The fourth-order valence-corrected chi connectivity index (χ4v) is 3.63. The van der Waals surface area contributed by atoms with E-state index in [0.717, 1.165) is 40.9 Å². The largest absolute Gasteiger partial charge is 0.508 e. The number of allylic oxidation sites excluding steroid dienone is 1. The quantitative estimate of drug-likeness (QED) is 0.431. The topological polar surface area (TPSA) is 114 Å². The van der Waals surface area contributed by atoms with Crippen molar-refractivity contribution in [3.63, 3.8) is 0 Å². The number of phenolic OH excluding ortho intramolecular Hbond substituents is 1. The molecule has 1 aliphatic rings. The molecule has 7 heteroatoms. The van der Waals surface area contributed by atoms with Crippen molar-refractivity contribution in [2.24, 2.45) is 4.99 Å². The third-order valence-corrected chi connectivity index (χ3v) is 5.24. The monoisotopic (exact) mass is 404 g/mol. The van der Waals surface area contributed by atoms with Gasteiger partial charge in [0, 0.05) is 29.6 Å². The molecule has 3 heterocycles. The van der Waals surface area contributed by atoms with Crippen molar-refractivity contribution >= 4 is 23.2 Å². The van der Waals surface area contributed by atoms with E-state index in [9.17, 15) is 9.90 Å². The number of unbranched alkanes of at least 4 members (excludes halogenated alkanes) is 1. The Bertz CT molecular complexity index is 1140. The number of aryl methyl sites for hydroxylation is 2. The number of benzene rings is 1. The van der Waals surface area contributed by atoms with Gasteiger partial charge in [0.25, 0.3) is 5.56 Å². The van der Waals surface area contributed by atoms with Crippen LogP contribution in [0.1, 0.15) is 41.6 Å². The minimum absolute atomic E-state index is 0.149. The number of aliphatic imine (C=N–C) groups is 1. The molecule has 1 aromatic carbocycles. The van der Waals surface area contributed by atoms with Gasteiger partial charge < -0.3 is 15.3 Å². The minimum atomic E-state index is -0.171. The summed E-state index contributed by atoms with van der Waals surface area (Å²) in [6, 6.07) is 10.9. The maximum absolute atomic E-state index is 12.5. The van der Waals surface area contributed by atoms with Crippen LogP contribution in [0, 0.1) is 0 Å². The second kappa shape index (κ2) is 8.92. The van der Waals surface area contributed by atoms with E-state index in [0.29, 0.717) is 30.6 Å². The Labute approximate surface area is 173 Å². The lowest BCUT2D eigenvalue weighted by Crippen LogP contribution is -2.05. The fourth-order valence-electron chi connectivity index (χ4n) is 3.63. The lowest BCUT2D eigenvalue weighted by atomic mass is 9.97. The standard InChI is InChI=1S/C23H24N4O3/c28-13-2-1-5-20-18(17-4-3-12-24-22(17)25-20)14-19-21(26-27-23(19)30)11-8-15-6-9-16(29)10-7-15/h3-4,6-7,9-10,12,14,28-29H,1-2,5,8,11,13H2,(H2,26,27,30). The highest BCUT2D eigenvalue weighted by Gasteiger charge is 2.22. The van der Waals surface area contributed by atoms with Crippen LogP contribution in [0.2, 0.25) is 0 Å². The third-order valence-electron chi connectivity index (χ3n) is 5.24. The van der Waals surface area contributed by atoms with E-state index in [-0.39, 0.29) is 17.9 Å². The zero-order chi connectivity index (χ0) is 20.9. The van der Waals surface area contributed by atoms with Crippen molar-refractivity contribution in [3.8, 4) is 5.75 Å². The lowest BCUT2D eigenvalue weighted by molar-refractivity contribution is 0.285. The maximum Gasteiger partial charge on any atom is 0.271 e. The van der Waals surface area contributed by atoms with E-state index < -0.39 is 0 Å². The summed E-state index contributed by atoms with van der Waals surface area (Å²) >= 11 is 0. The molecule has 0 spiro atoms. The number of aromatic nitrogens is 3. The smallest absolute Gasteiger partial charge is 0.271 e. The summed E-state index contributed by atoms with van der Waals surface area (Å²) in [6.45, 7) is 0.149. The molecule has 0 fully saturated rings. The summed E-state index contributed by atoms with van der Waals surface area (Å²) in [5.41, 5.74) is 5.05. The van der Waals surface area contributed by atoms with E-state index in [2.05, 4.69) is 20.2 Å². The molecular weight excluding hydrogens is 380 g/mol. The number of hydrogen-bond donors (Lipinski definition) is 4. The highest BCUT2D eigenvalue weighted by molar-refractivity contribution is 6.32. The predicted octanol–water partition coefficient (Wildman–Crippen LogP) is 3.38. The first-order valence-electron chi connectivity index (χ1n) is 10.1. The van der Waals surface area contributed by atoms with Gasteiger partial charge in [-0.05, 0) is 68.0 Å². The fraction of sp³-hybridized carbons (Fsp3) is 0.261. The SMILES string of the molecule is O=c1[nH][nH]c(CCc2ccc(O)cc2)c1C=C1C(CCCCO)=Nc2ncccc21. The molecule has 154 valence electrons. The second-order valence-corrected chi connectivity index (χ2v) is 7.31. The number of aromatic amines is 2. The molecule has 4 N–H and O–H groups in total. The van der Waals surface area contributed by atoms with Crippen LogP contribution in [0.4, 0.5) is 5.82 Å². The number of aliphatic hydroxyl groups excluding tert-OH is 1. The Balaban J connectivity index is 1.62. The van der Waals surface area contributed by atoms with E-state index in [1.807, 2.05) is 30.3 Å². The highest BCUT2D eigenvalue weighted by atomic mass is 16.3. The molecule has 0 radical (unpaired) electrons. The summed E-state index contributed by atoms with van der Waals surface area (Å²) in [6.07, 6.45) is 7.24. The molecule has 4 rings (SSSR count). The van der Waals surface area contributed by atoms with Crippen molar-refractivity contribution in [1.82, 2.24) is 15.2 Å². The summed E-state index contributed by atoms with van der Waals surface area (Å²) in [7, 11) is 0. The highest BCUT2D eigenvalue weighted by Crippen LogP contribution is 2.35. The molecule has 0 saturated heterocycles. The van der Waals surface area contributed by atoms with E-state index >= 15 is 0 Å². The Morgan fingerprint density at radius 2 is 1.83 bits per heavy atom. The maximum atomic E-state index is 12.5. The summed E-state index contributed by atoms with van der Waals surface area (Å²) in [5, 5.41) is 24.2. The molecular formula is C23H24N4O3. The number of rotatable bonds is 8. The van der Waals surface area contributed by atoms with Gasteiger partial charge in [0.1, 0.15) is 5.75 Å². The summed E-state index contributed by atoms with van der Waals surface area (Å²) < 4.78 is 0. The minimum Gasteiger partial charge on any atom is -0.508 e. The number of hydrogen-bond acceptors (Lipinski definition) is 5. The first-order valence-corrected chi connectivity index (χ1v) is 10.1. The number of nitrogens with one attached hydrogen (secondary N) is 2. The number of pyridine rings is 1.